The molecule has 12 heteroatoms. The zero-order chi connectivity index (χ0) is 30.7. The van der Waals surface area contributed by atoms with Crippen molar-refractivity contribution >= 4 is 28.5 Å². The number of ether oxygens (including phenoxy) is 2. The molecule has 226 valence electrons. The van der Waals surface area contributed by atoms with Crippen molar-refractivity contribution in [1.29, 1.82) is 0 Å². The lowest BCUT2D eigenvalue weighted by atomic mass is 9.79. The van der Waals surface area contributed by atoms with E-state index in [2.05, 4.69) is 23.9 Å². The van der Waals surface area contributed by atoms with Crippen LogP contribution in [0, 0.1) is 23.5 Å². The first kappa shape index (κ1) is 28.1. The number of carbonyl (C=O) groups is 2. The highest BCUT2D eigenvalue weighted by atomic mass is 19.1. The molecule has 5 heterocycles. The second kappa shape index (κ2) is 10.8. The van der Waals surface area contributed by atoms with Crippen LogP contribution in [0.15, 0.2) is 47.8 Å². The number of anilines is 1. The monoisotopic (exact) mass is 600 g/mol. The van der Waals surface area contributed by atoms with Crippen molar-refractivity contribution in [3.63, 3.8) is 0 Å². The predicted molar refractivity (Wildman–Crippen MR) is 157 cm³/mol. The summed E-state index contributed by atoms with van der Waals surface area (Å²) in [5.74, 6) is -1.73. The number of amides is 2. The maximum atomic E-state index is 14.4. The van der Waals surface area contributed by atoms with Gasteiger partial charge in [-0.15, -0.1) is 0 Å². The number of nitrogens with two attached hydrogens (primary N) is 1. The molecule has 44 heavy (non-hydrogen) atoms. The molecular weight excluding hydrogens is 570 g/mol. The van der Waals surface area contributed by atoms with Gasteiger partial charge in [-0.05, 0) is 44.4 Å². The lowest BCUT2D eigenvalue weighted by molar-refractivity contribution is -0.121. The van der Waals surface area contributed by atoms with Crippen LogP contribution in [0.3, 0.4) is 0 Å². The molecule has 3 aromatic heterocycles. The largest absolute Gasteiger partial charge is 0.482 e. The Morgan fingerprint density at radius 1 is 1.14 bits per heavy atom. The van der Waals surface area contributed by atoms with Crippen molar-refractivity contribution in [2.45, 2.75) is 39.8 Å². The topological polar surface area (TPSA) is 125 Å². The summed E-state index contributed by atoms with van der Waals surface area (Å²) < 4.78 is 41.0. The van der Waals surface area contributed by atoms with Crippen LogP contribution < -0.4 is 15.4 Å². The van der Waals surface area contributed by atoms with Crippen LogP contribution in [-0.4, -0.2) is 51.4 Å². The van der Waals surface area contributed by atoms with Crippen LogP contribution in [0.25, 0.3) is 22.2 Å². The number of aromatic nitrogens is 4. The van der Waals surface area contributed by atoms with Gasteiger partial charge in [0.25, 0.3) is 11.8 Å². The fourth-order valence-electron chi connectivity index (χ4n) is 6.21. The summed E-state index contributed by atoms with van der Waals surface area (Å²) in [5, 5.41) is 5.36. The SMILES string of the molecule is CC1=C(C)C(Cn2ncc3c(-c4ccc5c(c4)OCC(=O)N5Cc4ncc(F)cc4F)c(C(N)=O)c(CC4COC4)nc32)C1. The molecule has 1 saturated heterocycles. The summed E-state index contributed by atoms with van der Waals surface area (Å²) in [6.07, 6.45) is 4.14. The quantitative estimate of drug-likeness (QED) is 0.298. The molecule has 0 radical (unpaired) electrons. The first-order valence-electron chi connectivity index (χ1n) is 14.5. The van der Waals surface area contributed by atoms with Crippen LogP contribution in [0.1, 0.15) is 42.0 Å². The number of allylic oxidation sites excluding steroid dienone is 2. The van der Waals surface area contributed by atoms with Gasteiger partial charge in [0.15, 0.2) is 12.3 Å². The van der Waals surface area contributed by atoms with Crippen LogP contribution in [0.2, 0.25) is 0 Å². The molecule has 1 fully saturated rings. The average Bonchev–Trinajstić information content (AvgIpc) is 3.38. The second-order valence-electron chi connectivity index (χ2n) is 11.7. The molecule has 2 N–H and O–H groups in total. The summed E-state index contributed by atoms with van der Waals surface area (Å²) in [6, 6.07) is 5.91. The van der Waals surface area contributed by atoms with Crippen LogP contribution in [-0.2, 0) is 29.0 Å². The van der Waals surface area contributed by atoms with Gasteiger partial charge in [-0.3, -0.25) is 19.5 Å². The standard InChI is InChI=1S/C32H30F2N6O4/c1-16-5-20(17(16)2)11-40-32-22(10-37-40)29(30(31(35)42)24(38-32)6-18-13-43-14-18)19-3-4-26-27(7-19)44-15-28(41)39(26)12-25-23(34)8-21(33)9-36-25/h3-4,7-10,18,20H,5-6,11-15H2,1-2H3,(H2,35,42). The van der Waals surface area contributed by atoms with Gasteiger partial charge in [-0.2, -0.15) is 5.10 Å². The minimum Gasteiger partial charge on any atom is -0.482 e. The third-order valence-corrected chi connectivity index (χ3v) is 8.91. The molecule has 1 aromatic carbocycles. The Balaban J connectivity index is 1.34. The Morgan fingerprint density at radius 2 is 1.95 bits per heavy atom. The molecule has 0 spiro atoms. The average molecular weight is 601 g/mol. The number of hydrogen-bond donors (Lipinski definition) is 1. The van der Waals surface area contributed by atoms with Gasteiger partial charge < -0.3 is 15.2 Å². The number of benzene rings is 1. The lowest BCUT2D eigenvalue weighted by Crippen LogP contribution is -2.38. The zero-order valence-electron chi connectivity index (χ0n) is 24.3. The number of fused-ring (bicyclic) bond motifs is 2. The normalized spacial score (nSPS) is 18.2. The van der Waals surface area contributed by atoms with E-state index >= 15 is 0 Å². The van der Waals surface area contributed by atoms with Gasteiger partial charge in [-0.1, -0.05) is 17.2 Å². The summed E-state index contributed by atoms with van der Waals surface area (Å²) in [7, 11) is 0. The van der Waals surface area contributed by atoms with Gasteiger partial charge in [0.2, 0.25) is 0 Å². The Hall–Kier alpha value is -4.71. The molecule has 0 bridgehead atoms. The van der Waals surface area contributed by atoms with Crippen LogP contribution in [0.4, 0.5) is 14.5 Å². The molecule has 1 unspecified atom stereocenters. The Labute approximate surface area is 251 Å². The number of nitrogens with zero attached hydrogens (tertiary/aromatic N) is 5. The molecule has 1 atom stereocenters. The molecule has 0 saturated carbocycles. The van der Waals surface area contributed by atoms with Crippen molar-refractivity contribution in [1.82, 2.24) is 19.7 Å². The fourth-order valence-corrected chi connectivity index (χ4v) is 6.21. The minimum absolute atomic E-state index is 0.0766. The molecule has 2 aliphatic heterocycles. The molecule has 7 rings (SSSR count). The molecule has 4 aromatic rings. The maximum Gasteiger partial charge on any atom is 0.265 e. The van der Waals surface area contributed by atoms with Gasteiger partial charge in [0.05, 0.1) is 61.3 Å². The van der Waals surface area contributed by atoms with E-state index in [1.807, 2.05) is 4.68 Å². The van der Waals surface area contributed by atoms with Crippen molar-refractivity contribution in [2.75, 3.05) is 24.7 Å². The van der Waals surface area contributed by atoms with Crippen LogP contribution in [0.5, 0.6) is 5.75 Å². The first-order chi connectivity index (χ1) is 21.2. The number of pyridine rings is 2. The fraction of sp³-hybridized carbons (Fsp3) is 0.344. The summed E-state index contributed by atoms with van der Waals surface area (Å²) >= 11 is 0. The van der Waals surface area contributed by atoms with Crippen molar-refractivity contribution < 1.29 is 27.8 Å². The highest BCUT2D eigenvalue weighted by Gasteiger charge is 2.31. The summed E-state index contributed by atoms with van der Waals surface area (Å²) in [5.41, 5.74) is 11.9. The third-order valence-electron chi connectivity index (χ3n) is 8.91. The number of carbonyl (C=O) groups excluding carboxylic acids is 2. The smallest absolute Gasteiger partial charge is 0.265 e. The van der Waals surface area contributed by atoms with Gasteiger partial charge in [0, 0.05) is 28.9 Å². The summed E-state index contributed by atoms with van der Waals surface area (Å²) in [6.45, 7) is 5.62. The van der Waals surface area contributed by atoms with E-state index in [1.54, 1.807) is 24.4 Å². The molecule has 10 nitrogen and oxygen atoms in total. The third kappa shape index (κ3) is 4.79. The first-order valence-corrected chi connectivity index (χ1v) is 14.5. The minimum atomic E-state index is -0.850. The van der Waals surface area contributed by atoms with E-state index in [-0.39, 0.29) is 24.8 Å². The number of halogens is 2. The van der Waals surface area contributed by atoms with E-state index in [9.17, 15) is 18.4 Å². The van der Waals surface area contributed by atoms with E-state index < -0.39 is 23.4 Å². The van der Waals surface area contributed by atoms with E-state index in [1.165, 1.54) is 16.0 Å². The van der Waals surface area contributed by atoms with Gasteiger partial charge in [0.1, 0.15) is 17.4 Å². The summed E-state index contributed by atoms with van der Waals surface area (Å²) in [4.78, 5) is 36.1. The number of rotatable bonds is 8. The Bertz CT molecular complexity index is 1880. The zero-order valence-corrected chi connectivity index (χ0v) is 24.3. The van der Waals surface area contributed by atoms with Crippen molar-refractivity contribution in [3.05, 3.63) is 76.4 Å². The molecule has 2 amide bonds. The molecular formula is C32H30F2N6O4. The van der Waals surface area contributed by atoms with E-state index in [0.717, 1.165) is 18.7 Å². The second-order valence-corrected chi connectivity index (χ2v) is 11.7. The number of primary amides is 1. The van der Waals surface area contributed by atoms with Crippen LogP contribution >= 0.6 is 0 Å². The predicted octanol–water partition coefficient (Wildman–Crippen LogP) is 4.34. The molecule has 3 aliphatic rings. The Kier molecular flexibility index (Phi) is 6.88. The lowest BCUT2D eigenvalue weighted by Gasteiger charge is -2.30. The molecule has 1 aliphatic carbocycles. The maximum absolute atomic E-state index is 14.4. The van der Waals surface area contributed by atoms with Crippen molar-refractivity contribution in [2.24, 2.45) is 17.6 Å². The highest BCUT2D eigenvalue weighted by Crippen LogP contribution is 2.42. The number of hydrogen-bond acceptors (Lipinski definition) is 7. The van der Waals surface area contributed by atoms with Gasteiger partial charge in [-0.25, -0.2) is 18.4 Å². The van der Waals surface area contributed by atoms with E-state index in [4.69, 9.17) is 20.2 Å². The van der Waals surface area contributed by atoms with Crippen molar-refractivity contribution in [3.8, 4) is 16.9 Å². The highest BCUT2D eigenvalue weighted by molar-refractivity contribution is 6.09. The van der Waals surface area contributed by atoms with E-state index in [0.29, 0.717) is 77.0 Å². The van der Waals surface area contributed by atoms with Gasteiger partial charge >= 0.3 is 0 Å². The Morgan fingerprint density at radius 3 is 2.64 bits per heavy atom.